The number of benzene rings is 2. The Morgan fingerprint density at radius 2 is 1.86 bits per heavy atom. The van der Waals surface area contributed by atoms with Crippen molar-refractivity contribution in [2.24, 2.45) is 0 Å². The number of hydrogen-bond acceptors (Lipinski definition) is 8. The maximum atomic E-state index is 13.0. The SMILES string of the molecule is CCc1ccc2nc(C)c(C(=O)O)c(N)c2c1OCC(C)(C)NC(=O)c1ccc(OC)c(OCCO)c1. The van der Waals surface area contributed by atoms with E-state index < -0.39 is 11.5 Å². The highest BCUT2D eigenvalue weighted by Crippen LogP contribution is 2.37. The lowest BCUT2D eigenvalue weighted by Gasteiger charge is -2.28. The normalized spacial score (nSPS) is 11.3. The monoisotopic (exact) mass is 511 g/mol. The van der Waals surface area contributed by atoms with E-state index in [9.17, 15) is 14.7 Å². The second kappa shape index (κ2) is 11.3. The number of aromatic carboxylic acids is 1. The number of nitrogens with one attached hydrogen (secondary N) is 1. The number of carbonyl (C=O) groups is 2. The first-order chi connectivity index (χ1) is 17.5. The van der Waals surface area contributed by atoms with Crippen molar-refractivity contribution >= 4 is 28.5 Å². The molecule has 0 aliphatic rings. The first kappa shape index (κ1) is 27.5. The maximum absolute atomic E-state index is 13.0. The number of nitrogen functional groups attached to an aromatic ring is 1. The molecule has 1 amide bonds. The largest absolute Gasteiger partial charge is 0.493 e. The minimum atomic E-state index is -1.16. The van der Waals surface area contributed by atoms with Crippen molar-refractivity contribution in [1.29, 1.82) is 0 Å². The molecule has 1 aromatic heterocycles. The number of hydrogen-bond donors (Lipinski definition) is 4. The van der Waals surface area contributed by atoms with Crippen LogP contribution < -0.4 is 25.3 Å². The Hall–Kier alpha value is -4.05. The quantitative estimate of drug-likeness (QED) is 0.303. The zero-order valence-corrected chi connectivity index (χ0v) is 21.7. The lowest BCUT2D eigenvalue weighted by atomic mass is 10.0. The molecule has 0 spiro atoms. The summed E-state index contributed by atoms with van der Waals surface area (Å²) >= 11 is 0. The van der Waals surface area contributed by atoms with Crippen molar-refractivity contribution in [3.63, 3.8) is 0 Å². The van der Waals surface area contributed by atoms with Gasteiger partial charge in [-0.3, -0.25) is 9.78 Å². The van der Waals surface area contributed by atoms with Crippen LogP contribution in [0.25, 0.3) is 10.9 Å². The van der Waals surface area contributed by atoms with Crippen molar-refractivity contribution in [2.75, 3.05) is 32.7 Å². The summed E-state index contributed by atoms with van der Waals surface area (Å²) in [5, 5.41) is 22.1. The number of anilines is 1. The number of pyridine rings is 1. The van der Waals surface area contributed by atoms with E-state index in [4.69, 9.17) is 25.1 Å². The number of aromatic nitrogens is 1. The molecule has 37 heavy (non-hydrogen) atoms. The molecule has 3 aromatic rings. The van der Waals surface area contributed by atoms with Gasteiger partial charge in [0.05, 0.1) is 41.5 Å². The van der Waals surface area contributed by atoms with E-state index >= 15 is 0 Å². The highest BCUT2D eigenvalue weighted by molar-refractivity contribution is 6.07. The Morgan fingerprint density at radius 1 is 1.14 bits per heavy atom. The number of rotatable bonds is 11. The number of fused-ring (bicyclic) bond motifs is 1. The van der Waals surface area contributed by atoms with E-state index in [0.717, 1.165) is 5.56 Å². The van der Waals surface area contributed by atoms with E-state index in [1.807, 2.05) is 26.8 Å². The Labute approximate surface area is 215 Å². The third-order valence-corrected chi connectivity index (χ3v) is 5.80. The van der Waals surface area contributed by atoms with Gasteiger partial charge in [-0.25, -0.2) is 4.79 Å². The van der Waals surface area contributed by atoms with Gasteiger partial charge in [0.1, 0.15) is 24.5 Å². The minimum absolute atomic E-state index is 0.0584. The fourth-order valence-corrected chi connectivity index (χ4v) is 3.99. The van der Waals surface area contributed by atoms with Crippen LogP contribution in [-0.2, 0) is 6.42 Å². The van der Waals surface area contributed by atoms with Gasteiger partial charge in [-0.05, 0) is 57.0 Å². The number of methoxy groups -OCH3 is 1. The second-order valence-electron chi connectivity index (χ2n) is 9.16. The van der Waals surface area contributed by atoms with Crippen LogP contribution in [0.5, 0.6) is 17.2 Å². The predicted molar refractivity (Wildman–Crippen MR) is 140 cm³/mol. The molecule has 0 radical (unpaired) electrons. The molecule has 198 valence electrons. The summed E-state index contributed by atoms with van der Waals surface area (Å²) in [6.07, 6.45) is 0.621. The van der Waals surface area contributed by atoms with Crippen LogP contribution in [0, 0.1) is 6.92 Å². The van der Waals surface area contributed by atoms with Crippen LogP contribution in [0.15, 0.2) is 30.3 Å². The van der Waals surface area contributed by atoms with Gasteiger partial charge in [0.15, 0.2) is 11.5 Å². The summed E-state index contributed by atoms with van der Waals surface area (Å²) in [6, 6.07) is 8.44. The van der Waals surface area contributed by atoms with Crippen LogP contribution in [0.2, 0.25) is 0 Å². The number of aliphatic hydroxyl groups is 1. The van der Waals surface area contributed by atoms with Crippen molar-refractivity contribution < 1.29 is 34.0 Å². The van der Waals surface area contributed by atoms with Gasteiger partial charge in [0.2, 0.25) is 0 Å². The molecule has 1 heterocycles. The number of nitrogens with two attached hydrogens (primary N) is 1. The van der Waals surface area contributed by atoms with Gasteiger partial charge < -0.3 is 35.5 Å². The summed E-state index contributed by atoms with van der Waals surface area (Å²) in [6.45, 7) is 7.14. The first-order valence-electron chi connectivity index (χ1n) is 11.8. The summed E-state index contributed by atoms with van der Waals surface area (Å²) in [5.74, 6) is -0.291. The van der Waals surface area contributed by atoms with Crippen molar-refractivity contribution in [3.8, 4) is 17.2 Å². The molecule has 0 saturated carbocycles. The van der Waals surface area contributed by atoms with Crippen molar-refractivity contribution in [1.82, 2.24) is 10.3 Å². The summed E-state index contributed by atoms with van der Waals surface area (Å²) in [4.78, 5) is 29.3. The summed E-state index contributed by atoms with van der Waals surface area (Å²) in [7, 11) is 1.49. The van der Waals surface area contributed by atoms with E-state index in [2.05, 4.69) is 10.3 Å². The maximum Gasteiger partial charge on any atom is 0.339 e. The Bertz CT molecular complexity index is 1320. The van der Waals surface area contributed by atoms with Gasteiger partial charge in [-0.2, -0.15) is 0 Å². The number of aryl methyl sites for hydroxylation is 2. The molecule has 3 rings (SSSR count). The molecule has 0 saturated heterocycles. The first-order valence-corrected chi connectivity index (χ1v) is 11.8. The molecule has 5 N–H and O–H groups in total. The summed E-state index contributed by atoms with van der Waals surface area (Å²) < 4.78 is 16.9. The molecule has 0 aliphatic carbocycles. The molecule has 0 fully saturated rings. The van der Waals surface area contributed by atoms with E-state index in [-0.39, 0.29) is 37.0 Å². The van der Waals surface area contributed by atoms with Crippen molar-refractivity contribution in [3.05, 3.63) is 52.7 Å². The van der Waals surface area contributed by atoms with Gasteiger partial charge in [-0.15, -0.1) is 0 Å². The number of carboxylic acid groups (broad SMARTS) is 1. The number of ether oxygens (including phenoxy) is 3. The number of nitrogens with zero attached hydrogens (tertiary/aromatic N) is 1. The van der Waals surface area contributed by atoms with E-state index in [0.29, 0.717) is 45.8 Å². The topological polar surface area (TPSA) is 153 Å². The molecular formula is C27H33N3O7. The molecule has 2 aromatic carbocycles. The van der Waals surface area contributed by atoms with Crippen LogP contribution in [-0.4, -0.2) is 59.5 Å². The third kappa shape index (κ3) is 6.03. The van der Waals surface area contributed by atoms with Gasteiger partial charge >= 0.3 is 5.97 Å². The highest BCUT2D eigenvalue weighted by Gasteiger charge is 2.26. The van der Waals surface area contributed by atoms with Crippen LogP contribution >= 0.6 is 0 Å². The molecule has 0 atom stereocenters. The number of amides is 1. The lowest BCUT2D eigenvalue weighted by molar-refractivity contribution is 0.0696. The van der Waals surface area contributed by atoms with E-state index in [1.54, 1.807) is 31.2 Å². The van der Waals surface area contributed by atoms with Crippen LogP contribution in [0.4, 0.5) is 5.69 Å². The molecular weight excluding hydrogens is 478 g/mol. The van der Waals surface area contributed by atoms with Crippen LogP contribution in [0.3, 0.4) is 0 Å². The van der Waals surface area contributed by atoms with Gasteiger partial charge in [0.25, 0.3) is 5.91 Å². The van der Waals surface area contributed by atoms with Gasteiger partial charge in [0, 0.05) is 5.56 Å². The zero-order chi connectivity index (χ0) is 27.3. The Balaban J connectivity index is 1.88. The predicted octanol–water partition coefficient (Wildman–Crippen LogP) is 3.35. The molecule has 0 aliphatic heterocycles. The van der Waals surface area contributed by atoms with E-state index in [1.165, 1.54) is 7.11 Å². The van der Waals surface area contributed by atoms with Gasteiger partial charge in [-0.1, -0.05) is 13.0 Å². The molecule has 10 heteroatoms. The average Bonchev–Trinajstić information content (AvgIpc) is 2.85. The standard InChI is InChI=1S/C27H33N3O7/c1-6-16-7-9-18-22(23(28)21(26(33)34)15(2)29-18)24(16)37-14-27(3,4)30-25(32)17-8-10-19(35-5)20(13-17)36-12-11-31/h7-10,13,31H,6,11-12,14H2,1-5H3,(H2,28,29)(H,30,32)(H,33,34). The fourth-order valence-electron chi connectivity index (χ4n) is 3.99. The lowest BCUT2D eigenvalue weighted by Crippen LogP contribution is -2.47. The number of carbonyl (C=O) groups excluding carboxylic acids is 1. The molecule has 10 nitrogen and oxygen atoms in total. The van der Waals surface area contributed by atoms with Crippen LogP contribution in [0.1, 0.15) is 52.7 Å². The highest BCUT2D eigenvalue weighted by atomic mass is 16.5. The minimum Gasteiger partial charge on any atom is -0.493 e. The molecule has 0 unspecified atom stereocenters. The number of carboxylic acids is 1. The molecule has 0 bridgehead atoms. The Morgan fingerprint density at radius 3 is 2.49 bits per heavy atom. The third-order valence-electron chi connectivity index (χ3n) is 5.80. The Kier molecular flexibility index (Phi) is 8.44. The average molecular weight is 512 g/mol. The zero-order valence-electron chi connectivity index (χ0n) is 21.7. The second-order valence-corrected chi connectivity index (χ2v) is 9.16. The number of aliphatic hydroxyl groups excluding tert-OH is 1. The summed E-state index contributed by atoms with van der Waals surface area (Å²) in [5.41, 5.74) is 7.55. The fraction of sp³-hybridized carbons (Fsp3) is 0.370. The smallest absolute Gasteiger partial charge is 0.339 e. The van der Waals surface area contributed by atoms with Crippen molar-refractivity contribution in [2.45, 2.75) is 39.7 Å².